The normalized spacial score (nSPS) is 13.6. The molecule has 3 rings (SSSR count). The fourth-order valence-corrected chi connectivity index (χ4v) is 8.16. The monoisotopic (exact) mass is 1120 g/mol. The van der Waals surface area contributed by atoms with Gasteiger partial charge in [0.15, 0.2) is 5.75 Å². The predicted molar refractivity (Wildman–Crippen MR) is 297 cm³/mol. The number of phenols is 2. The Balaban J connectivity index is 1.90. The highest BCUT2D eigenvalue weighted by Crippen LogP contribution is 2.27. The summed E-state index contributed by atoms with van der Waals surface area (Å²) in [5.74, 6) is -8.42. The summed E-state index contributed by atoms with van der Waals surface area (Å²) in [5, 5.41) is 53.0. The van der Waals surface area contributed by atoms with Gasteiger partial charge in [-0.05, 0) is 111 Å². The van der Waals surface area contributed by atoms with Gasteiger partial charge in [0, 0.05) is 37.7 Å². The van der Waals surface area contributed by atoms with Crippen LogP contribution in [0, 0.1) is 22.0 Å². The summed E-state index contributed by atoms with van der Waals surface area (Å²) in [7, 11) is 0. The number of anilines is 1. The first-order chi connectivity index (χ1) is 37.9. The van der Waals surface area contributed by atoms with Crippen LogP contribution in [0.4, 0.5) is 11.4 Å². The summed E-state index contributed by atoms with van der Waals surface area (Å²) < 4.78 is 0. The first-order valence-corrected chi connectivity index (χ1v) is 26.6. The molecule has 0 saturated heterocycles. The number of nitrogens with one attached hydrogen (secondary N) is 8. The highest BCUT2D eigenvalue weighted by atomic mass is 16.6. The molecular formula is C54H79N13O13. The molecule has 0 radical (unpaired) electrons. The van der Waals surface area contributed by atoms with Crippen LogP contribution in [-0.2, 0) is 51.2 Å². The second kappa shape index (κ2) is 33.8. The number of unbranched alkanes of at least 4 members (excludes halogenated alkanes) is 3. The van der Waals surface area contributed by atoms with Crippen molar-refractivity contribution in [1.29, 1.82) is 0 Å². The Morgan fingerprint density at radius 2 is 1.23 bits per heavy atom. The number of primary amides is 1. The Kier molecular flexibility index (Phi) is 27.8. The zero-order valence-corrected chi connectivity index (χ0v) is 45.7. The van der Waals surface area contributed by atoms with Gasteiger partial charge < -0.3 is 75.7 Å². The van der Waals surface area contributed by atoms with Gasteiger partial charge in [0.05, 0.1) is 23.1 Å². The van der Waals surface area contributed by atoms with Crippen LogP contribution in [0.2, 0.25) is 0 Å². The van der Waals surface area contributed by atoms with Gasteiger partial charge in [-0.3, -0.25) is 53.3 Å². The van der Waals surface area contributed by atoms with Gasteiger partial charge in [-0.25, -0.2) is 0 Å². The molecule has 438 valence electrons. The number of nitrogens with two attached hydrogens (primary N) is 4. The lowest BCUT2D eigenvalue weighted by Crippen LogP contribution is -2.61. The number of amides is 9. The summed E-state index contributed by atoms with van der Waals surface area (Å²) in [6.45, 7) is 7.08. The largest absolute Gasteiger partial charge is 0.508 e. The predicted octanol–water partition coefficient (Wildman–Crippen LogP) is 0.0540. The van der Waals surface area contributed by atoms with Gasteiger partial charge >= 0.3 is 5.69 Å². The van der Waals surface area contributed by atoms with Gasteiger partial charge in [0.2, 0.25) is 47.3 Å². The van der Waals surface area contributed by atoms with Crippen molar-refractivity contribution in [3.8, 4) is 11.5 Å². The number of nitro benzene ring substituents is 1. The number of aromatic hydroxyl groups is 2. The zero-order valence-electron chi connectivity index (χ0n) is 45.7. The minimum absolute atomic E-state index is 0.0244. The van der Waals surface area contributed by atoms with Crippen molar-refractivity contribution in [2.24, 2.45) is 29.0 Å². The number of benzene rings is 3. The van der Waals surface area contributed by atoms with E-state index in [1.807, 2.05) is 0 Å². The number of nitro groups is 1. The van der Waals surface area contributed by atoms with Crippen molar-refractivity contribution in [3.63, 3.8) is 0 Å². The molecule has 0 bridgehead atoms. The number of nitrogen functional groups attached to an aromatic ring is 1. The second-order valence-corrected chi connectivity index (χ2v) is 19.8. The molecule has 0 aliphatic carbocycles. The Bertz CT molecular complexity index is 2600. The smallest absolute Gasteiger partial charge is 0.310 e. The van der Waals surface area contributed by atoms with Crippen LogP contribution in [-0.4, -0.2) is 131 Å². The molecule has 3 aromatic carbocycles. The molecule has 80 heavy (non-hydrogen) atoms. The van der Waals surface area contributed by atoms with E-state index in [2.05, 4.69) is 42.5 Å². The lowest BCUT2D eigenvalue weighted by atomic mass is 9.96. The minimum Gasteiger partial charge on any atom is -0.508 e. The van der Waals surface area contributed by atoms with Crippen molar-refractivity contribution in [3.05, 3.63) is 93.5 Å². The Labute approximate surface area is 464 Å². The van der Waals surface area contributed by atoms with E-state index >= 15 is 0 Å². The summed E-state index contributed by atoms with van der Waals surface area (Å²) in [6, 6.07) is 7.60. The summed E-state index contributed by atoms with van der Waals surface area (Å²) in [6.07, 6.45) is 1.69. The van der Waals surface area contributed by atoms with Crippen LogP contribution < -0.4 is 65.5 Å². The van der Waals surface area contributed by atoms with Gasteiger partial charge in [0.1, 0.15) is 36.0 Å². The lowest BCUT2D eigenvalue weighted by molar-refractivity contribution is -0.385. The number of carbonyl (C=O) groups excluding carboxylic acids is 9. The maximum Gasteiger partial charge on any atom is 0.310 e. The third-order valence-electron chi connectivity index (χ3n) is 13.1. The van der Waals surface area contributed by atoms with Crippen molar-refractivity contribution < 1.29 is 58.3 Å². The molecule has 3 aromatic rings. The average molecular weight is 1120 g/mol. The number of rotatable bonds is 35. The molecule has 9 amide bonds. The highest BCUT2D eigenvalue weighted by Gasteiger charge is 2.35. The molecule has 26 heteroatoms. The van der Waals surface area contributed by atoms with Gasteiger partial charge in [0.25, 0.3) is 5.91 Å². The van der Waals surface area contributed by atoms with E-state index in [9.17, 15) is 63.5 Å². The van der Waals surface area contributed by atoms with Crippen LogP contribution in [0.15, 0.2) is 66.7 Å². The first-order valence-electron chi connectivity index (χ1n) is 26.6. The maximum atomic E-state index is 14.6. The minimum atomic E-state index is -1.66. The van der Waals surface area contributed by atoms with Crippen molar-refractivity contribution in [2.75, 3.05) is 31.9 Å². The second-order valence-electron chi connectivity index (χ2n) is 19.8. The van der Waals surface area contributed by atoms with Gasteiger partial charge in [-0.1, -0.05) is 64.4 Å². The highest BCUT2D eigenvalue weighted by molar-refractivity contribution is 5.99. The van der Waals surface area contributed by atoms with E-state index < -0.39 is 125 Å². The van der Waals surface area contributed by atoms with Crippen LogP contribution >= 0.6 is 0 Å². The number of nitrogens with zero attached hydrogens (tertiary/aromatic N) is 1. The molecule has 18 N–H and O–H groups in total. The Hall–Kier alpha value is -8.39. The Morgan fingerprint density at radius 3 is 1.85 bits per heavy atom. The molecular weight excluding hydrogens is 1040 g/mol. The van der Waals surface area contributed by atoms with E-state index in [0.29, 0.717) is 55.5 Å². The van der Waals surface area contributed by atoms with Crippen molar-refractivity contribution in [2.45, 2.75) is 135 Å². The molecule has 0 aliphatic heterocycles. The molecule has 0 heterocycles. The molecule has 0 spiro atoms. The van der Waals surface area contributed by atoms with Crippen molar-refractivity contribution >= 4 is 64.5 Å². The number of para-hydroxylation sites is 1. The third-order valence-corrected chi connectivity index (χ3v) is 13.1. The summed E-state index contributed by atoms with van der Waals surface area (Å²) in [5.41, 5.74) is 23.8. The van der Waals surface area contributed by atoms with E-state index in [1.165, 1.54) is 18.2 Å². The maximum absolute atomic E-state index is 14.6. The first kappa shape index (κ1) is 65.9. The van der Waals surface area contributed by atoms with Crippen LogP contribution in [0.25, 0.3) is 0 Å². The molecule has 1 unspecified atom stereocenters. The van der Waals surface area contributed by atoms with E-state index in [0.717, 1.165) is 12.1 Å². The molecule has 7 atom stereocenters. The Morgan fingerprint density at radius 1 is 0.637 bits per heavy atom. The molecule has 0 aliphatic rings. The van der Waals surface area contributed by atoms with E-state index in [1.54, 1.807) is 64.1 Å². The van der Waals surface area contributed by atoms with Crippen molar-refractivity contribution in [1.82, 2.24) is 42.5 Å². The average Bonchev–Trinajstić information content (AvgIpc) is 3.42. The fraction of sp³-hybridized carbons (Fsp3) is 0.500. The van der Waals surface area contributed by atoms with Crippen LogP contribution in [0.3, 0.4) is 0 Å². The van der Waals surface area contributed by atoms with Crippen LogP contribution in [0.5, 0.6) is 11.5 Å². The van der Waals surface area contributed by atoms with Gasteiger partial charge in [-0.15, -0.1) is 0 Å². The standard InChI is InChI=1S/C54H79N13O13/c1-5-32(4)47(53(77)61-30-44(58)70)66-54(78)46(31(2)3)65-51(75)39(15-9-10-24-55)63-52(76)41(28-34-18-22-43(69)42(29-34)67(79)80)64-50(74)40(62-49(73)38(57)27-33-16-19-35(68)20-17-33)21-23-45(71)59-25-11-6-12-26-60-48(72)36-13-7-8-14-37(36)56/h7-8,13-14,16-20,22,29,31-32,38-41,46-47,68-69H,5-6,9-12,15,21,23-28,30,55-57H2,1-4H3,(H2,58,70)(H,59,71)(H,60,72)(H,61,77)(H,62,73)(H,63,76)(H,64,74)(H,65,75)(H,66,78)/t32?,38-,39-,40-,41-,46-,47-/m0/s1. The summed E-state index contributed by atoms with van der Waals surface area (Å²) in [4.78, 5) is 132. The van der Waals surface area contributed by atoms with Gasteiger partial charge in [-0.2, -0.15) is 0 Å². The number of hydrogen-bond donors (Lipinski definition) is 14. The van der Waals surface area contributed by atoms with Crippen LogP contribution in [0.1, 0.15) is 107 Å². The quantitative estimate of drug-likeness (QED) is 0.0160. The zero-order chi connectivity index (χ0) is 59.5. The third kappa shape index (κ3) is 22.5. The topological polar surface area (TPSA) is 438 Å². The lowest BCUT2D eigenvalue weighted by Gasteiger charge is -2.30. The van der Waals surface area contributed by atoms with E-state index in [4.69, 9.17) is 22.9 Å². The van der Waals surface area contributed by atoms with E-state index in [-0.39, 0.29) is 62.4 Å². The number of carbonyl (C=O) groups is 9. The number of hydrogen-bond acceptors (Lipinski definition) is 16. The molecule has 0 saturated carbocycles. The molecule has 26 nitrogen and oxygen atoms in total. The number of phenolic OH excluding ortho intramolecular Hbond substituents is 2. The SMILES string of the molecule is CCC(C)[C@H](NC(=O)[C@@H](NC(=O)[C@H](CCCCN)NC(=O)[C@H](Cc1ccc(O)c([N+](=O)[O-])c1)NC(=O)[C@H](CCC(=O)NCCCCCNC(=O)c1ccccc1N)NC(=O)[C@@H](N)Cc1ccc(O)cc1)C(C)C)C(=O)NCC(N)=O. The molecule has 0 fully saturated rings. The fourth-order valence-electron chi connectivity index (χ4n) is 8.16. The molecule has 0 aromatic heterocycles. The summed E-state index contributed by atoms with van der Waals surface area (Å²) >= 11 is 0.